The molecule has 1 aliphatic heterocycles. The zero-order valence-electron chi connectivity index (χ0n) is 13.9. The smallest absolute Gasteiger partial charge is 0.323 e. The number of benzene rings is 1. The molecule has 0 bridgehead atoms. The fourth-order valence-electron chi connectivity index (χ4n) is 3.02. The third kappa shape index (κ3) is 4.24. The molecular weight excluding hydrogens is 308 g/mol. The summed E-state index contributed by atoms with van der Waals surface area (Å²) >= 11 is 0. The first-order valence-corrected chi connectivity index (χ1v) is 8.41. The third-order valence-corrected chi connectivity index (χ3v) is 4.53. The van der Waals surface area contributed by atoms with Crippen molar-refractivity contribution in [3.63, 3.8) is 0 Å². The number of ether oxygens (including phenoxy) is 1. The van der Waals surface area contributed by atoms with Gasteiger partial charge in [0.1, 0.15) is 0 Å². The van der Waals surface area contributed by atoms with Gasteiger partial charge >= 0.3 is 5.69 Å². The summed E-state index contributed by atoms with van der Waals surface area (Å²) in [5.41, 5.74) is 2.28. The molecule has 24 heavy (non-hydrogen) atoms. The predicted octanol–water partition coefficient (Wildman–Crippen LogP) is 0.973. The van der Waals surface area contributed by atoms with Crippen molar-refractivity contribution in [2.45, 2.75) is 32.4 Å². The van der Waals surface area contributed by atoms with E-state index < -0.39 is 0 Å². The van der Waals surface area contributed by atoms with Crippen LogP contribution in [-0.4, -0.2) is 53.1 Å². The van der Waals surface area contributed by atoms with Crippen LogP contribution in [-0.2, 0) is 16.1 Å². The molecule has 130 valence electrons. The molecule has 1 amide bonds. The van der Waals surface area contributed by atoms with Gasteiger partial charge in [-0.25, -0.2) is 4.79 Å². The number of imidazole rings is 1. The van der Waals surface area contributed by atoms with Gasteiger partial charge < -0.3 is 20.0 Å². The van der Waals surface area contributed by atoms with Crippen LogP contribution in [0.25, 0.3) is 11.0 Å². The lowest BCUT2D eigenvalue weighted by Crippen LogP contribution is -2.42. The quantitative estimate of drug-likeness (QED) is 0.735. The van der Waals surface area contributed by atoms with E-state index in [0.717, 1.165) is 49.3 Å². The molecule has 2 aromatic rings. The Morgan fingerprint density at radius 1 is 1.29 bits per heavy atom. The number of morpholine rings is 1. The Balaban J connectivity index is 1.45. The van der Waals surface area contributed by atoms with Crippen LogP contribution in [0.3, 0.4) is 0 Å². The van der Waals surface area contributed by atoms with E-state index in [1.807, 2.05) is 18.2 Å². The Hall–Kier alpha value is -2.12. The highest BCUT2D eigenvalue weighted by atomic mass is 16.5. The largest absolute Gasteiger partial charge is 0.379 e. The highest BCUT2D eigenvalue weighted by Crippen LogP contribution is 2.11. The number of amides is 1. The van der Waals surface area contributed by atoms with Gasteiger partial charge in [-0.2, -0.15) is 0 Å². The number of H-pyrrole nitrogens is 2. The standard InChI is InChI=1S/C17H24N4O3/c1-12(21-6-8-24-9-7-21)2-5-16(22)18-11-13-3-4-14-15(10-13)20-17(23)19-14/h3-4,10,12H,2,5-9,11H2,1H3,(H,18,22)(H2,19,20,23). The number of carbonyl (C=O) groups excluding carboxylic acids is 1. The van der Waals surface area contributed by atoms with Gasteiger partial charge in [0.15, 0.2) is 0 Å². The van der Waals surface area contributed by atoms with E-state index in [1.165, 1.54) is 0 Å². The van der Waals surface area contributed by atoms with Crippen LogP contribution < -0.4 is 11.0 Å². The number of nitrogens with one attached hydrogen (secondary N) is 3. The minimum absolute atomic E-state index is 0.0535. The molecule has 0 saturated carbocycles. The zero-order valence-corrected chi connectivity index (χ0v) is 13.9. The summed E-state index contributed by atoms with van der Waals surface area (Å²) in [4.78, 5) is 31.1. The molecule has 1 aromatic carbocycles. The highest BCUT2D eigenvalue weighted by molar-refractivity contribution is 5.77. The molecule has 7 nitrogen and oxygen atoms in total. The molecule has 0 aliphatic carbocycles. The second-order valence-electron chi connectivity index (χ2n) is 6.27. The fraction of sp³-hybridized carbons (Fsp3) is 0.529. The molecule has 1 unspecified atom stereocenters. The van der Waals surface area contributed by atoms with Crippen LogP contribution in [0.2, 0.25) is 0 Å². The number of fused-ring (bicyclic) bond motifs is 1. The monoisotopic (exact) mass is 332 g/mol. The van der Waals surface area contributed by atoms with Gasteiger partial charge in [0.05, 0.1) is 24.2 Å². The maximum atomic E-state index is 12.1. The second-order valence-corrected chi connectivity index (χ2v) is 6.27. The van der Waals surface area contributed by atoms with E-state index in [1.54, 1.807) is 0 Å². The van der Waals surface area contributed by atoms with Gasteiger partial charge in [0, 0.05) is 32.1 Å². The van der Waals surface area contributed by atoms with Gasteiger partial charge in [-0.15, -0.1) is 0 Å². The molecular formula is C17H24N4O3. The first-order valence-electron chi connectivity index (χ1n) is 8.41. The first kappa shape index (κ1) is 16.7. The lowest BCUT2D eigenvalue weighted by molar-refractivity contribution is -0.121. The molecule has 1 fully saturated rings. The number of nitrogens with zero attached hydrogens (tertiary/aromatic N) is 1. The van der Waals surface area contributed by atoms with Crippen molar-refractivity contribution in [2.75, 3.05) is 26.3 Å². The topological polar surface area (TPSA) is 90.2 Å². The van der Waals surface area contributed by atoms with E-state index >= 15 is 0 Å². The minimum Gasteiger partial charge on any atom is -0.379 e. The van der Waals surface area contributed by atoms with Gasteiger partial charge in [-0.3, -0.25) is 9.69 Å². The van der Waals surface area contributed by atoms with E-state index in [-0.39, 0.29) is 11.6 Å². The van der Waals surface area contributed by atoms with E-state index in [4.69, 9.17) is 4.74 Å². The highest BCUT2D eigenvalue weighted by Gasteiger charge is 2.17. The molecule has 7 heteroatoms. The summed E-state index contributed by atoms with van der Waals surface area (Å²) in [6.07, 6.45) is 1.36. The molecule has 2 heterocycles. The van der Waals surface area contributed by atoms with E-state index in [2.05, 4.69) is 27.1 Å². The third-order valence-electron chi connectivity index (χ3n) is 4.53. The molecule has 3 rings (SSSR count). The molecule has 0 radical (unpaired) electrons. The number of aromatic amines is 2. The van der Waals surface area contributed by atoms with Crippen molar-refractivity contribution in [1.29, 1.82) is 0 Å². The van der Waals surface area contributed by atoms with Crippen molar-refractivity contribution in [3.05, 3.63) is 34.2 Å². The van der Waals surface area contributed by atoms with E-state index in [9.17, 15) is 9.59 Å². The molecule has 3 N–H and O–H groups in total. The SMILES string of the molecule is CC(CCC(=O)NCc1ccc2[nH]c(=O)[nH]c2c1)N1CCOCC1. The average Bonchev–Trinajstić information content (AvgIpc) is 2.97. The maximum Gasteiger partial charge on any atom is 0.323 e. The molecule has 1 atom stereocenters. The van der Waals surface area contributed by atoms with Crippen LogP contribution in [0, 0.1) is 0 Å². The lowest BCUT2D eigenvalue weighted by atomic mass is 10.1. The van der Waals surface area contributed by atoms with Crippen LogP contribution in [0.4, 0.5) is 0 Å². The van der Waals surface area contributed by atoms with Crippen molar-refractivity contribution < 1.29 is 9.53 Å². The average molecular weight is 332 g/mol. The van der Waals surface area contributed by atoms with Gasteiger partial charge in [0.2, 0.25) is 5.91 Å². The van der Waals surface area contributed by atoms with Crippen LogP contribution in [0.15, 0.2) is 23.0 Å². The summed E-state index contributed by atoms with van der Waals surface area (Å²) in [5.74, 6) is 0.0535. The minimum atomic E-state index is -0.219. The number of hydrogen-bond donors (Lipinski definition) is 3. The summed E-state index contributed by atoms with van der Waals surface area (Å²) in [6, 6.07) is 6.02. The number of carbonyl (C=O) groups is 1. The molecule has 1 aliphatic rings. The van der Waals surface area contributed by atoms with Gasteiger partial charge in [-0.05, 0) is 31.0 Å². The summed E-state index contributed by atoms with van der Waals surface area (Å²) in [5, 5.41) is 2.94. The zero-order chi connectivity index (χ0) is 16.9. The number of hydrogen-bond acceptors (Lipinski definition) is 4. The van der Waals surface area contributed by atoms with Crippen molar-refractivity contribution in [3.8, 4) is 0 Å². The Morgan fingerprint density at radius 2 is 2.04 bits per heavy atom. The Labute approximate surface area is 140 Å². The predicted molar refractivity (Wildman–Crippen MR) is 91.9 cm³/mol. The van der Waals surface area contributed by atoms with Crippen molar-refractivity contribution >= 4 is 16.9 Å². The van der Waals surface area contributed by atoms with Crippen LogP contribution >= 0.6 is 0 Å². The van der Waals surface area contributed by atoms with Crippen LogP contribution in [0.5, 0.6) is 0 Å². The first-order chi connectivity index (χ1) is 11.6. The molecule has 0 spiro atoms. The van der Waals surface area contributed by atoms with Gasteiger partial charge in [-0.1, -0.05) is 6.07 Å². The molecule has 1 saturated heterocycles. The summed E-state index contributed by atoms with van der Waals surface area (Å²) in [6.45, 7) is 6.07. The lowest BCUT2D eigenvalue weighted by Gasteiger charge is -2.32. The second kappa shape index (κ2) is 7.63. The van der Waals surface area contributed by atoms with Crippen LogP contribution in [0.1, 0.15) is 25.3 Å². The van der Waals surface area contributed by atoms with E-state index in [0.29, 0.717) is 19.0 Å². The van der Waals surface area contributed by atoms with Crippen molar-refractivity contribution in [1.82, 2.24) is 20.2 Å². The Kier molecular flexibility index (Phi) is 5.32. The molecule has 1 aromatic heterocycles. The maximum absolute atomic E-state index is 12.1. The summed E-state index contributed by atoms with van der Waals surface area (Å²) in [7, 11) is 0. The number of rotatable bonds is 6. The fourth-order valence-corrected chi connectivity index (χ4v) is 3.02. The Morgan fingerprint density at radius 3 is 2.83 bits per heavy atom. The van der Waals surface area contributed by atoms with Gasteiger partial charge in [0.25, 0.3) is 0 Å². The number of aromatic nitrogens is 2. The Bertz CT molecular complexity index is 746. The van der Waals surface area contributed by atoms with Crippen molar-refractivity contribution in [2.24, 2.45) is 0 Å². The summed E-state index contributed by atoms with van der Waals surface area (Å²) < 4.78 is 5.35. The normalized spacial score (nSPS) is 17.0.